The van der Waals surface area contributed by atoms with Crippen LogP contribution in [0.3, 0.4) is 0 Å². The smallest absolute Gasteiger partial charge is 0.260 e. The SMILES string of the molecule is CC(C)(CCCO)CNc1nc2ccc(N)cc2c(=O)[nH]1. The van der Waals surface area contributed by atoms with Crippen molar-refractivity contribution in [3.63, 3.8) is 0 Å². The van der Waals surface area contributed by atoms with E-state index in [1.54, 1.807) is 18.2 Å². The molecule has 1 aromatic heterocycles. The molecule has 0 spiro atoms. The molecule has 0 fully saturated rings. The molecule has 0 aliphatic heterocycles. The third-order valence-corrected chi connectivity index (χ3v) is 3.48. The number of hydrogen-bond donors (Lipinski definition) is 4. The molecule has 0 saturated heterocycles. The Hall–Kier alpha value is -2.08. The summed E-state index contributed by atoms with van der Waals surface area (Å²) in [7, 11) is 0. The number of H-pyrrole nitrogens is 1. The molecule has 5 N–H and O–H groups in total. The average Bonchev–Trinajstić information content (AvgIpc) is 2.44. The number of benzene rings is 1. The Labute approximate surface area is 123 Å². The number of nitrogens with zero attached hydrogens (tertiary/aromatic N) is 1. The van der Waals surface area contributed by atoms with Gasteiger partial charge in [0.25, 0.3) is 5.56 Å². The summed E-state index contributed by atoms with van der Waals surface area (Å²) in [6.07, 6.45) is 1.65. The summed E-state index contributed by atoms with van der Waals surface area (Å²) in [5.41, 5.74) is 6.64. The van der Waals surface area contributed by atoms with Crippen molar-refractivity contribution < 1.29 is 5.11 Å². The van der Waals surface area contributed by atoms with Crippen molar-refractivity contribution in [1.82, 2.24) is 9.97 Å². The minimum atomic E-state index is -0.206. The van der Waals surface area contributed by atoms with Crippen LogP contribution in [0.15, 0.2) is 23.0 Å². The minimum absolute atomic E-state index is 0.0113. The molecule has 2 rings (SSSR count). The van der Waals surface area contributed by atoms with Crippen molar-refractivity contribution in [1.29, 1.82) is 0 Å². The third kappa shape index (κ3) is 3.95. The maximum Gasteiger partial charge on any atom is 0.260 e. The van der Waals surface area contributed by atoms with Gasteiger partial charge in [-0.1, -0.05) is 13.8 Å². The molecule has 0 amide bonds. The standard InChI is InChI=1S/C15H22N4O2/c1-15(2,6-3-7-20)9-17-14-18-12-5-4-10(16)8-11(12)13(21)19-14/h4-5,8,20H,3,6-7,9,16H2,1-2H3,(H2,17,18,19,21). The van der Waals surface area contributed by atoms with Crippen LogP contribution in [0.25, 0.3) is 10.9 Å². The van der Waals surface area contributed by atoms with Gasteiger partial charge in [0.1, 0.15) is 0 Å². The Morgan fingerprint density at radius 2 is 2.19 bits per heavy atom. The summed E-state index contributed by atoms with van der Waals surface area (Å²) >= 11 is 0. The zero-order chi connectivity index (χ0) is 15.5. The number of aromatic nitrogens is 2. The van der Waals surface area contributed by atoms with Gasteiger partial charge in [-0.25, -0.2) is 4.98 Å². The monoisotopic (exact) mass is 290 g/mol. The molecule has 6 nitrogen and oxygen atoms in total. The number of hydrogen-bond acceptors (Lipinski definition) is 5. The van der Waals surface area contributed by atoms with Gasteiger partial charge in [0.15, 0.2) is 0 Å². The van der Waals surface area contributed by atoms with E-state index in [1.807, 2.05) is 0 Å². The number of aliphatic hydroxyl groups is 1. The summed E-state index contributed by atoms with van der Waals surface area (Å²) in [6, 6.07) is 5.09. The first-order chi connectivity index (χ1) is 9.91. The Morgan fingerprint density at radius 3 is 2.90 bits per heavy atom. The number of aliphatic hydroxyl groups excluding tert-OH is 1. The van der Waals surface area contributed by atoms with Crippen LogP contribution in [0.4, 0.5) is 11.6 Å². The highest BCUT2D eigenvalue weighted by molar-refractivity contribution is 5.81. The second-order valence-electron chi connectivity index (χ2n) is 6.04. The number of nitrogens with two attached hydrogens (primary N) is 1. The lowest BCUT2D eigenvalue weighted by atomic mass is 9.88. The Bertz CT molecular complexity index is 679. The fourth-order valence-corrected chi connectivity index (χ4v) is 2.21. The molecular weight excluding hydrogens is 268 g/mol. The summed E-state index contributed by atoms with van der Waals surface area (Å²) in [6.45, 7) is 5.07. The predicted molar refractivity (Wildman–Crippen MR) is 85.4 cm³/mol. The van der Waals surface area contributed by atoms with Gasteiger partial charge in [-0.05, 0) is 36.5 Å². The van der Waals surface area contributed by atoms with Gasteiger partial charge < -0.3 is 16.2 Å². The topological polar surface area (TPSA) is 104 Å². The van der Waals surface area contributed by atoms with Crippen LogP contribution in [0.2, 0.25) is 0 Å². The molecule has 1 aromatic carbocycles. The van der Waals surface area contributed by atoms with Crippen molar-refractivity contribution in [2.45, 2.75) is 26.7 Å². The summed E-state index contributed by atoms with van der Waals surface area (Å²) in [5, 5.41) is 12.5. The zero-order valence-electron chi connectivity index (χ0n) is 12.4. The number of anilines is 2. The first-order valence-electron chi connectivity index (χ1n) is 7.05. The molecule has 0 aliphatic carbocycles. The molecular formula is C15H22N4O2. The molecule has 0 unspecified atom stereocenters. The van der Waals surface area contributed by atoms with E-state index in [0.717, 1.165) is 12.8 Å². The molecule has 0 radical (unpaired) electrons. The summed E-state index contributed by atoms with van der Waals surface area (Å²) in [5.74, 6) is 0.453. The lowest BCUT2D eigenvalue weighted by molar-refractivity contribution is 0.247. The van der Waals surface area contributed by atoms with Crippen molar-refractivity contribution in [2.75, 3.05) is 24.2 Å². The predicted octanol–water partition coefficient (Wildman–Crippen LogP) is 1.72. The quantitative estimate of drug-likeness (QED) is 0.606. The number of nitrogen functional groups attached to an aromatic ring is 1. The molecule has 6 heteroatoms. The van der Waals surface area contributed by atoms with Crippen molar-refractivity contribution in [3.8, 4) is 0 Å². The fraction of sp³-hybridized carbons (Fsp3) is 0.467. The molecule has 0 saturated carbocycles. The van der Waals surface area contributed by atoms with Gasteiger partial charge in [-0.2, -0.15) is 0 Å². The number of rotatable bonds is 6. The van der Waals surface area contributed by atoms with E-state index in [1.165, 1.54) is 0 Å². The molecule has 2 aromatic rings. The second kappa shape index (κ2) is 6.13. The van der Waals surface area contributed by atoms with Gasteiger partial charge in [0.2, 0.25) is 5.95 Å². The van der Waals surface area contributed by atoms with Crippen LogP contribution in [0.5, 0.6) is 0 Å². The van der Waals surface area contributed by atoms with Crippen LogP contribution >= 0.6 is 0 Å². The molecule has 1 heterocycles. The van der Waals surface area contributed by atoms with Crippen molar-refractivity contribution in [2.24, 2.45) is 5.41 Å². The molecule has 0 atom stereocenters. The maximum absolute atomic E-state index is 12.0. The van der Waals surface area contributed by atoms with E-state index in [-0.39, 0.29) is 17.6 Å². The van der Waals surface area contributed by atoms with Gasteiger partial charge in [0.05, 0.1) is 10.9 Å². The first-order valence-corrected chi connectivity index (χ1v) is 7.05. The highest BCUT2D eigenvalue weighted by Crippen LogP contribution is 2.22. The Balaban J connectivity index is 2.16. The van der Waals surface area contributed by atoms with E-state index in [9.17, 15) is 4.79 Å². The Morgan fingerprint density at radius 1 is 1.43 bits per heavy atom. The van der Waals surface area contributed by atoms with Crippen LogP contribution < -0.4 is 16.6 Å². The van der Waals surface area contributed by atoms with E-state index in [4.69, 9.17) is 10.8 Å². The van der Waals surface area contributed by atoms with E-state index in [0.29, 0.717) is 29.1 Å². The highest BCUT2D eigenvalue weighted by Gasteiger charge is 2.17. The summed E-state index contributed by atoms with van der Waals surface area (Å²) < 4.78 is 0. The summed E-state index contributed by atoms with van der Waals surface area (Å²) in [4.78, 5) is 19.1. The first kappa shape index (κ1) is 15.3. The van der Waals surface area contributed by atoms with Crippen molar-refractivity contribution >= 4 is 22.5 Å². The average molecular weight is 290 g/mol. The lowest BCUT2D eigenvalue weighted by Gasteiger charge is -2.24. The normalized spacial score (nSPS) is 11.8. The fourth-order valence-electron chi connectivity index (χ4n) is 2.21. The van der Waals surface area contributed by atoms with E-state index < -0.39 is 0 Å². The second-order valence-corrected chi connectivity index (χ2v) is 6.04. The molecule has 0 bridgehead atoms. The van der Waals surface area contributed by atoms with Gasteiger partial charge in [-0.3, -0.25) is 9.78 Å². The van der Waals surface area contributed by atoms with Crippen LogP contribution in [0.1, 0.15) is 26.7 Å². The third-order valence-electron chi connectivity index (χ3n) is 3.48. The Kier molecular flexibility index (Phi) is 4.47. The molecule has 0 aliphatic rings. The van der Waals surface area contributed by atoms with Gasteiger partial charge in [-0.15, -0.1) is 0 Å². The van der Waals surface area contributed by atoms with Gasteiger partial charge >= 0.3 is 0 Å². The van der Waals surface area contributed by atoms with E-state index >= 15 is 0 Å². The van der Waals surface area contributed by atoms with Crippen LogP contribution in [-0.2, 0) is 0 Å². The van der Waals surface area contributed by atoms with E-state index in [2.05, 4.69) is 29.1 Å². The van der Waals surface area contributed by atoms with Crippen molar-refractivity contribution in [3.05, 3.63) is 28.6 Å². The number of aromatic amines is 1. The highest BCUT2D eigenvalue weighted by atomic mass is 16.2. The minimum Gasteiger partial charge on any atom is -0.399 e. The van der Waals surface area contributed by atoms with Gasteiger partial charge in [0, 0.05) is 18.8 Å². The molecule has 21 heavy (non-hydrogen) atoms. The molecule has 114 valence electrons. The number of nitrogens with one attached hydrogen (secondary N) is 2. The zero-order valence-corrected chi connectivity index (χ0v) is 12.4. The van der Waals surface area contributed by atoms with Crippen LogP contribution in [-0.4, -0.2) is 28.2 Å². The number of fused-ring (bicyclic) bond motifs is 1. The maximum atomic E-state index is 12.0. The van der Waals surface area contributed by atoms with Crippen LogP contribution in [0, 0.1) is 5.41 Å². The largest absolute Gasteiger partial charge is 0.399 e. The lowest BCUT2D eigenvalue weighted by Crippen LogP contribution is -2.25.